The number of H-pyrrole nitrogens is 1. The van der Waals surface area contributed by atoms with Crippen molar-refractivity contribution in [2.75, 3.05) is 5.32 Å². The summed E-state index contributed by atoms with van der Waals surface area (Å²) in [6, 6.07) is 13.3. The highest BCUT2D eigenvalue weighted by atomic mass is 79.9. The number of nitrogens with one attached hydrogen (secondary N) is 2. The summed E-state index contributed by atoms with van der Waals surface area (Å²) in [6.07, 6.45) is 1.84. The van der Waals surface area contributed by atoms with Crippen molar-refractivity contribution in [2.24, 2.45) is 0 Å². The lowest BCUT2D eigenvalue weighted by Gasteiger charge is -2.08. The summed E-state index contributed by atoms with van der Waals surface area (Å²) in [5, 5.41) is 3.85. The van der Waals surface area contributed by atoms with E-state index in [1.165, 1.54) is 0 Å². The van der Waals surface area contributed by atoms with Crippen LogP contribution >= 0.6 is 15.9 Å². The zero-order valence-corrected chi connectivity index (χ0v) is 12.5. The number of aryl methyl sites for hydroxylation is 1. The maximum Gasteiger partial charge on any atom is 0.256 e. The second-order valence-corrected chi connectivity index (χ2v) is 5.52. The van der Waals surface area contributed by atoms with Crippen LogP contribution in [0.5, 0.6) is 0 Å². The molecule has 4 heteroatoms. The number of amides is 1. The van der Waals surface area contributed by atoms with Crippen LogP contribution in [0.2, 0.25) is 0 Å². The van der Waals surface area contributed by atoms with Gasteiger partial charge in [0.1, 0.15) is 0 Å². The molecule has 3 nitrogen and oxygen atoms in total. The van der Waals surface area contributed by atoms with Crippen molar-refractivity contribution in [1.82, 2.24) is 4.98 Å². The van der Waals surface area contributed by atoms with Crippen LogP contribution in [0.4, 0.5) is 5.69 Å². The van der Waals surface area contributed by atoms with Gasteiger partial charge < -0.3 is 10.3 Å². The average molecular weight is 329 g/mol. The van der Waals surface area contributed by atoms with E-state index in [0.717, 1.165) is 26.6 Å². The number of carbonyl (C=O) groups excluding carboxylic acids is 1. The van der Waals surface area contributed by atoms with Crippen LogP contribution in [0.15, 0.2) is 53.1 Å². The summed E-state index contributed by atoms with van der Waals surface area (Å²) in [4.78, 5) is 15.5. The molecule has 0 atom stereocenters. The maximum atomic E-state index is 12.4. The van der Waals surface area contributed by atoms with Crippen molar-refractivity contribution in [1.29, 1.82) is 0 Å². The lowest BCUT2D eigenvalue weighted by Crippen LogP contribution is -2.12. The number of fused-ring (bicyclic) bond motifs is 1. The van der Waals surface area contributed by atoms with Crippen LogP contribution in [0, 0.1) is 6.92 Å². The molecule has 0 bridgehead atoms. The predicted octanol–water partition coefficient (Wildman–Crippen LogP) is 4.49. The highest BCUT2D eigenvalue weighted by Crippen LogP contribution is 2.22. The number of aromatic nitrogens is 1. The number of hydrogen-bond donors (Lipinski definition) is 2. The van der Waals surface area contributed by atoms with Gasteiger partial charge in [0.25, 0.3) is 5.91 Å². The Kier molecular flexibility index (Phi) is 3.32. The minimum absolute atomic E-state index is 0.106. The molecule has 0 saturated heterocycles. The van der Waals surface area contributed by atoms with Gasteiger partial charge in [-0.1, -0.05) is 28.1 Å². The van der Waals surface area contributed by atoms with Gasteiger partial charge in [-0.2, -0.15) is 0 Å². The minimum atomic E-state index is -0.106. The molecule has 0 spiro atoms. The van der Waals surface area contributed by atoms with Crippen molar-refractivity contribution in [3.8, 4) is 0 Å². The van der Waals surface area contributed by atoms with Gasteiger partial charge in [0.15, 0.2) is 0 Å². The number of halogens is 1. The van der Waals surface area contributed by atoms with E-state index >= 15 is 0 Å². The molecule has 0 unspecified atom stereocenters. The van der Waals surface area contributed by atoms with Gasteiger partial charge >= 0.3 is 0 Å². The van der Waals surface area contributed by atoms with Crippen molar-refractivity contribution in [3.63, 3.8) is 0 Å². The topological polar surface area (TPSA) is 44.9 Å². The van der Waals surface area contributed by atoms with E-state index in [1.54, 1.807) is 0 Å². The zero-order valence-electron chi connectivity index (χ0n) is 10.9. The number of rotatable bonds is 2. The predicted molar refractivity (Wildman–Crippen MR) is 85.1 cm³/mol. The van der Waals surface area contributed by atoms with Gasteiger partial charge in [0.2, 0.25) is 0 Å². The number of benzene rings is 2. The quantitative estimate of drug-likeness (QED) is 0.715. The molecule has 100 valence electrons. The molecule has 0 aliphatic heterocycles. The number of carbonyl (C=O) groups is 1. The molecule has 1 aromatic heterocycles. The van der Waals surface area contributed by atoms with Gasteiger partial charge in [-0.3, -0.25) is 4.79 Å². The first-order valence-electron chi connectivity index (χ1n) is 6.29. The summed E-state index contributed by atoms with van der Waals surface area (Å²) in [6.45, 7) is 2.01. The monoisotopic (exact) mass is 328 g/mol. The van der Waals surface area contributed by atoms with Crippen molar-refractivity contribution < 1.29 is 4.79 Å². The number of aromatic amines is 1. The van der Waals surface area contributed by atoms with E-state index in [2.05, 4.69) is 26.2 Å². The van der Waals surface area contributed by atoms with Gasteiger partial charge in [-0.25, -0.2) is 0 Å². The Bertz CT molecular complexity index is 792. The molecule has 0 saturated carbocycles. The molecule has 0 aliphatic rings. The third kappa shape index (κ3) is 2.34. The summed E-state index contributed by atoms with van der Waals surface area (Å²) >= 11 is 3.47. The standard InChI is InChI=1S/C16H13BrN2O/c1-10-5-6-11(9-14(10)17)19-16(20)13-3-2-4-15-12(13)7-8-18-15/h2-9,18H,1H3,(H,19,20). The molecule has 2 aromatic carbocycles. The summed E-state index contributed by atoms with van der Waals surface area (Å²) in [7, 11) is 0. The largest absolute Gasteiger partial charge is 0.361 e. The molecular weight excluding hydrogens is 316 g/mol. The SMILES string of the molecule is Cc1ccc(NC(=O)c2cccc3[nH]ccc23)cc1Br. The first-order chi connectivity index (χ1) is 9.65. The first kappa shape index (κ1) is 12.9. The first-order valence-corrected chi connectivity index (χ1v) is 7.08. The van der Waals surface area contributed by atoms with Crippen LogP contribution in [0.25, 0.3) is 10.9 Å². The van der Waals surface area contributed by atoms with Crippen molar-refractivity contribution in [2.45, 2.75) is 6.92 Å². The third-order valence-electron chi connectivity index (χ3n) is 3.27. The fourth-order valence-electron chi connectivity index (χ4n) is 2.15. The highest BCUT2D eigenvalue weighted by Gasteiger charge is 2.11. The van der Waals surface area contributed by atoms with E-state index < -0.39 is 0 Å². The van der Waals surface area contributed by atoms with Crippen LogP contribution in [0.3, 0.4) is 0 Å². The molecular formula is C16H13BrN2O. The number of hydrogen-bond acceptors (Lipinski definition) is 1. The van der Waals surface area contributed by atoms with Gasteiger partial charge in [-0.05, 0) is 42.8 Å². The van der Waals surface area contributed by atoms with Crippen LogP contribution in [0.1, 0.15) is 15.9 Å². The summed E-state index contributed by atoms with van der Waals surface area (Å²) < 4.78 is 0.982. The van der Waals surface area contributed by atoms with Crippen LogP contribution < -0.4 is 5.32 Å². The molecule has 0 aliphatic carbocycles. The third-order valence-corrected chi connectivity index (χ3v) is 4.12. The molecule has 3 rings (SSSR count). The van der Waals surface area contributed by atoms with Gasteiger partial charge in [-0.15, -0.1) is 0 Å². The Morgan fingerprint density at radius 2 is 2.05 bits per heavy atom. The van der Waals surface area contributed by atoms with E-state index in [-0.39, 0.29) is 5.91 Å². The normalized spacial score (nSPS) is 10.7. The maximum absolute atomic E-state index is 12.4. The molecule has 0 radical (unpaired) electrons. The molecule has 2 N–H and O–H groups in total. The molecule has 20 heavy (non-hydrogen) atoms. The van der Waals surface area contributed by atoms with Gasteiger partial charge in [0.05, 0.1) is 0 Å². The molecule has 1 heterocycles. The number of anilines is 1. The van der Waals surface area contributed by atoms with Crippen LogP contribution in [-0.4, -0.2) is 10.9 Å². The molecule has 3 aromatic rings. The molecule has 0 fully saturated rings. The fourth-order valence-corrected chi connectivity index (χ4v) is 2.53. The van der Waals surface area contributed by atoms with E-state index in [9.17, 15) is 4.79 Å². The van der Waals surface area contributed by atoms with Crippen molar-refractivity contribution >= 4 is 38.4 Å². The molecule has 1 amide bonds. The van der Waals surface area contributed by atoms with Crippen LogP contribution in [-0.2, 0) is 0 Å². The smallest absolute Gasteiger partial charge is 0.256 e. The lowest BCUT2D eigenvalue weighted by atomic mass is 10.1. The Hall–Kier alpha value is -2.07. The Balaban J connectivity index is 1.93. The fraction of sp³-hybridized carbons (Fsp3) is 0.0625. The Morgan fingerprint density at radius 1 is 1.20 bits per heavy atom. The highest BCUT2D eigenvalue weighted by molar-refractivity contribution is 9.10. The second-order valence-electron chi connectivity index (χ2n) is 4.66. The Labute approximate surface area is 125 Å². The second kappa shape index (κ2) is 5.13. The van der Waals surface area contributed by atoms with Gasteiger partial charge in [0, 0.05) is 32.8 Å². The average Bonchev–Trinajstić information content (AvgIpc) is 2.91. The minimum Gasteiger partial charge on any atom is -0.361 e. The van der Waals surface area contributed by atoms with Crippen molar-refractivity contribution in [3.05, 3.63) is 64.3 Å². The lowest BCUT2D eigenvalue weighted by molar-refractivity contribution is 0.102. The summed E-state index contributed by atoms with van der Waals surface area (Å²) in [5.74, 6) is -0.106. The zero-order chi connectivity index (χ0) is 14.1. The van der Waals surface area contributed by atoms with E-state index in [0.29, 0.717) is 5.56 Å². The van der Waals surface area contributed by atoms with E-state index in [4.69, 9.17) is 0 Å². The summed E-state index contributed by atoms with van der Waals surface area (Å²) in [5.41, 5.74) is 3.54. The Morgan fingerprint density at radius 3 is 2.85 bits per heavy atom. The van der Waals surface area contributed by atoms with E-state index in [1.807, 2.05) is 55.6 Å².